The third kappa shape index (κ3) is 3.03. The first-order chi connectivity index (χ1) is 10.2. The minimum Gasteiger partial charge on any atom is -0.300 e. The van der Waals surface area contributed by atoms with Crippen molar-refractivity contribution in [3.05, 3.63) is 83.9 Å². The number of Topliss-reactive ketones (excluding diaryl/α,β-unsaturated/α-hetero) is 1. The van der Waals surface area contributed by atoms with Gasteiger partial charge in [0.2, 0.25) is 0 Å². The van der Waals surface area contributed by atoms with Crippen molar-refractivity contribution in [2.24, 2.45) is 0 Å². The molecule has 0 N–H and O–H groups in total. The molecule has 3 aromatic carbocycles. The largest absolute Gasteiger partial charge is 0.300 e. The fourth-order valence-corrected chi connectivity index (χ4v) is 2.83. The first-order valence-corrected chi connectivity index (χ1v) is 7.27. The molecular weight excluding hydrogens is 256 g/mol. The Morgan fingerprint density at radius 3 is 2.19 bits per heavy atom. The van der Waals surface area contributed by atoms with E-state index in [1.54, 1.807) is 6.92 Å². The van der Waals surface area contributed by atoms with Gasteiger partial charge in [-0.05, 0) is 28.8 Å². The molecule has 0 amide bonds. The lowest BCUT2D eigenvalue weighted by atomic mass is 9.86. The van der Waals surface area contributed by atoms with Gasteiger partial charge in [-0.1, -0.05) is 72.8 Å². The van der Waals surface area contributed by atoms with Crippen LogP contribution in [0.3, 0.4) is 0 Å². The van der Waals surface area contributed by atoms with Crippen LogP contribution in [-0.2, 0) is 4.79 Å². The van der Waals surface area contributed by atoms with Crippen LogP contribution in [0.15, 0.2) is 72.8 Å². The van der Waals surface area contributed by atoms with Crippen LogP contribution >= 0.6 is 0 Å². The molecule has 3 aromatic rings. The second-order valence-electron chi connectivity index (χ2n) is 5.48. The average Bonchev–Trinajstić information content (AvgIpc) is 2.53. The molecule has 1 nitrogen and oxygen atoms in total. The highest BCUT2D eigenvalue weighted by Gasteiger charge is 2.16. The highest BCUT2D eigenvalue weighted by Crippen LogP contribution is 2.30. The van der Waals surface area contributed by atoms with Gasteiger partial charge in [-0.25, -0.2) is 0 Å². The van der Waals surface area contributed by atoms with Gasteiger partial charge in [0.25, 0.3) is 0 Å². The zero-order valence-corrected chi connectivity index (χ0v) is 12.1. The summed E-state index contributed by atoms with van der Waals surface area (Å²) in [6.07, 6.45) is 0.544. The van der Waals surface area contributed by atoms with E-state index in [0.29, 0.717) is 6.42 Å². The zero-order valence-electron chi connectivity index (χ0n) is 12.1. The lowest BCUT2D eigenvalue weighted by Crippen LogP contribution is -2.06. The molecule has 0 aliphatic heterocycles. The fourth-order valence-electron chi connectivity index (χ4n) is 2.83. The Morgan fingerprint density at radius 1 is 0.810 bits per heavy atom. The van der Waals surface area contributed by atoms with Crippen LogP contribution in [0.5, 0.6) is 0 Å². The quantitative estimate of drug-likeness (QED) is 0.658. The molecule has 21 heavy (non-hydrogen) atoms. The Labute approximate surface area is 125 Å². The van der Waals surface area contributed by atoms with Crippen molar-refractivity contribution in [1.82, 2.24) is 0 Å². The Hall–Kier alpha value is -2.41. The van der Waals surface area contributed by atoms with E-state index in [4.69, 9.17) is 0 Å². The third-order valence-electron chi connectivity index (χ3n) is 3.87. The summed E-state index contributed by atoms with van der Waals surface area (Å²) in [6.45, 7) is 1.66. The van der Waals surface area contributed by atoms with Crippen LogP contribution in [0.25, 0.3) is 10.8 Å². The number of ketones is 1. The van der Waals surface area contributed by atoms with Crippen LogP contribution in [0, 0.1) is 0 Å². The Bertz CT molecular complexity index is 759. The fraction of sp³-hybridized carbons (Fsp3) is 0.150. The van der Waals surface area contributed by atoms with Crippen molar-refractivity contribution in [3.63, 3.8) is 0 Å². The van der Waals surface area contributed by atoms with Gasteiger partial charge in [0.05, 0.1) is 0 Å². The first kappa shape index (κ1) is 13.6. The SMILES string of the molecule is CC(=O)CC(c1ccccc1)c1ccc2ccccc2c1. The minimum atomic E-state index is 0.133. The summed E-state index contributed by atoms with van der Waals surface area (Å²) >= 11 is 0. The maximum absolute atomic E-state index is 11.7. The molecule has 0 radical (unpaired) electrons. The van der Waals surface area contributed by atoms with Gasteiger partial charge in [-0.3, -0.25) is 4.79 Å². The molecule has 0 spiro atoms. The standard InChI is InChI=1S/C20H18O/c1-15(21)13-20(17-8-3-2-4-9-17)19-12-11-16-7-5-6-10-18(16)14-19/h2-12,14,20H,13H2,1H3. The average molecular weight is 274 g/mol. The second kappa shape index (κ2) is 5.92. The van der Waals surface area contributed by atoms with E-state index in [-0.39, 0.29) is 11.7 Å². The molecule has 1 heteroatoms. The zero-order chi connectivity index (χ0) is 14.7. The Kier molecular flexibility index (Phi) is 3.83. The van der Waals surface area contributed by atoms with Gasteiger partial charge in [0, 0.05) is 12.3 Å². The summed E-state index contributed by atoms with van der Waals surface area (Å²) < 4.78 is 0. The number of hydrogen-bond donors (Lipinski definition) is 0. The Balaban J connectivity index is 2.07. The number of benzene rings is 3. The molecule has 1 atom stereocenters. The van der Waals surface area contributed by atoms with Gasteiger partial charge in [-0.15, -0.1) is 0 Å². The predicted molar refractivity (Wildman–Crippen MR) is 87.5 cm³/mol. The summed E-state index contributed by atoms with van der Waals surface area (Å²) in [5.74, 6) is 0.352. The third-order valence-corrected chi connectivity index (χ3v) is 3.87. The van der Waals surface area contributed by atoms with Crippen LogP contribution in [0.2, 0.25) is 0 Å². The van der Waals surface area contributed by atoms with Gasteiger partial charge in [0.15, 0.2) is 0 Å². The first-order valence-electron chi connectivity index (χ1n) is 7.27. The van der Waals surface area contributed by atoms with Crippen LogP contribution in [0.4, 0.5) is 0 Å². The minimum absolute atomic E-state index is 0.133. The van der Waals surface area contributed by atoms with E-state index in [0.717, 1.165) is 0 Å². The van der Waals surface area contributed by atoms with Crippen LogP contribution in [-0.4, -0.2) is 5.78 Å². The Morgan fingerprint density at radius 2 is 1.48 bits per heavy atom. The summed E-state index contributed by atoms with van der Waals surface area (Å²) in [5, 5.41) is 2.45. The molecule has 0 fully saturated rings. The molecule has 0 saturated heterocycles. The number of hydrogen-bond acceptors (Lipinski definition) is 1. The van der Waals surface area contributed by atoms with Crippen molar-refractivity contribution in [3.8, 4) is 0 Å². The van der Waals surface area contributed by atoms with Gasteiger partial charge in [0.1, 0.15) is 5.78 Å². The molecule has 0 aliphatic carbocycles. The van der Waals surface area contributed by atoms with Crippen molar-refractivity contribution in [1.29, 1.82) is 0 Å². The van der Waals surface area contributed by atoms with E-state index in [1.807, 2.05) is 24.3 Å². The normalized spacial score (nSPS) is 12.2. The van der Waals surface area contributed by atoms with E-state index in [9.17, 15) is 4.79 Å². The molecule has 0 bridgehead atoms. The van der Waals surface area contributed by atoms with Gasteiger partial charge >= 0.3 is 0 Å². The monoisotopic (exact) mass is 274 g/mol. The predicted octanol–water partition coefficient (Wildman–Crippen LogP) is 4.95. The maximum atomic E-state index is 11.7. The molecule has 3 rings (SSSR count). The van der Waals surface area contributed by atoms with Crippen molar-refractivity contribution in [2.75, 3.05) is 0 Å². The molecule has 104 valence electrons. The van der Waals surface area contributed by atoms with Crippen LogP contribution in [0.1, 0.15) is 30.4 Å². The summed E-state index contributed by atoms with van der Waals surface area (Å²) in [5.41, 5.74) is 2.40. The summed E-state index contributed by atoms with van der Waals surface area (Å²) in [7, 11) is 0. The molecule has 0 aliphatic rings. The van der Waals surface area contributed by atoms with Crippen molar-refractivity contribution < 1.29 is 4.79 Å². The highest BCUT2D eigenvalue weighted by atomic mass is 16.1. The second-order valence-corrected chi connectivity index (χ2v) is 5.48. The van der Waals surface area contributed by atoms with Crippen molar-refractivity contribution >= 4 is 16.6 Å². The molecular formula is C20H18O. The molecule has 0 aromatic heterocycles. The van der Waals surface area contributed by atoms with Gasteiger partial charge < -0.3 is 0 Å². The lowest BCUT2D eigenvalue weighted by Gasteiger charge is -2.17. The van der Waals surface area contributed by atoms with E-state index in [2.05, 4.69) is 48.5 Å². The summed E-state index contributed by atoms with van der Waals surface area (Å²) in [6, 6.07) is 25.1. The van der Waals surface area contributed by atoms with Crippen molar-refractivity contribution in [2.45, 2.75) is 19.3 Å². The molecule has 0 heterocycles. The maximum Gasteiger partial charge on any atom is 0.130 e. The summed E-state index contributed by atoms with van der Waals surface area (Å²) in [4.78, 5) is 11.7. The van der Waals surface area contributed by atoms with Gasteiger partial charge in [-0.2, -0.15) is 0 Å². The van der Waals surface area contributed by atoms with Crippen LogP contribution < -0.4 is 0 Å². The number of fused-ring (bicyclic) bond motifs is 1. The number of carbonyl (C=O) groups excluding carboxylic acids is 1. The number of rotatable bonds is 4. The number of carbonyl (C=O) groups is 1. The topological polar surface area (TPSA) is 17.1 Å². The van der Waals surface area contributed by atoms with E-state index >= 15 is 0 Å². The smallest absolute Gasteiger partial charge is 0.130 e. The lowest BCUT2D eigenvalue weighted by molar-refractivity contribution is -0.117. The van der Waals surface area contributed by atoms with E-state index in [1.165, 1.54) is 21.9 Å². The molecule has 0 saturated carbocycles. The highest BCUT2D eigenvalue weighted by molar-refractivity contribution is 5.84. The van der Waals surface area contributed by atoms with E-state index < -0.39 is 0 Å². The molecule has 1 unspecified atom stereocenters.